The highest BCUT2D eigenvalue weighted by molar-refractivity contribution is 7.80. The van der Waals surface area contributed by atoms with E-state index in [1.54, 1.807) is 18.6 Å². The Kier molecular flexibility index (Phi) is 5.63. The fourth-order valence-electron chi connectivity index (χ4n) is 3.92. The lowest BCUT2D eigenvalue weighted by Gasteiger charge is -2.26. The molecule has 2 aliphatic rings. The van der Waals surface area contributed by atoms with Crippen molar-refractivity contribution in [3.05, 3.63) is 48.4 Å². The molecule has 3 aromatic heterocycles. The number of pyridine rings is 3. The summed E-state index contributed by atoms with van der Waals surface area (Å²) in [4.78, 5) is 26.2. The second-order valence-electron chi connectivity index (χ2n) is 8.40. The number of anilines is 3. The predicted octanol–water partition coefficient (Wildman–Crippen LogP) is 4.31. The van der Waals surface area contributed by atoms with Gasteiger partial charge in [0.25, 0.3) is 5.91 Å². The lowest BCUT2D eigenvalue weighted by atomic mass is 9.94. The van der Waals surface area contributed by atoms with Crippen molar-refractivity contribution < 1.29 is 4.79 Å². The summed E-state index contributed by atoms with van der Waals surface area (Å²) in [5.41, 5.74) is 2.26. The van der Waals surface area contributed by atoms with E-state index in [1.165, 1.54) is 0 Å². The average molecular weight is 435 g/mol. The van der Waals surface area contributed by atoms with Gasteiger partial charge < -0.3 is 16.0 Å². The average Bonchev–Trinajstić information content (AvgIpc) is 3.59. The molecule has 8 heteroatoms. The van der Waals surface area contributed by atoms with Crippen LogP contribution in [-0.2, 0) is 0 Å². The number of nitrogens with one attached hydrogen (secondary N) is 3. The third-order valence-corrected chi connectivity index (χ3v) is 6.38. The normalized spacial score (nSPS) is 20.9. The van der Waals surface area contributed by atoms with Gasteiger partial charge in [0.2, 0.25) is 0 Å². The highest BCUT2D eigenvalue weighted by atomic mass is 32.1. The molecule has 31 heavy (non-hydrogen) atoms. The Morgan fingerprint density at radius 1 is 0.968 bits per heavy atom. The topological polar surface area (TPSA) is 91.8 Å². The van der Waals surface area contributed by atoms with E-state index in [-0.39, 0.29) is 11.9 Å². The van der Waals surface area contributed by atoms with Crippen molar-refractivity contribution in [3.63, 3.8) is 0 Å². The Morgan fingerprint density at radius 3 is 2.58 bits per heavy atom. The van der Waals surface area contributed by atoms with Crippen LogP contribution in [0.5, 0.6) is 0 Å². The van der Waals surface area contributed by atoms with Crippen molar-refractivity contribution in [2.75, 3.05) is 10.6 Å². The summed E-state index contributed by atoms with van der Waals surface area (Å²) >= 11 is 4.55. The van der Waals surface area contributed by atoms with E-state index in [0.29, 0.717) is 28.5 Å². The van der Waals surface area contributed by atoms with Gasteiger partial charge >= 0.3 is 0 Å². The molecule has 2 aliphatic carbocycles. The first kappa shape index (κ1) is 20.1. The molecule has 3 aromatic rings. The Hall–Kier alpha value is -2.87. The monoisotopic (exact) mass is 434 g/mol. The minimum Gasteiger partial charge on any atom is -0.382 e. The number of carbonyl (C=O) groups is 1. The van der Waals surface area contributed by atoms with E-state index in [9.17, 15) is 4.79 Å². The van der Waals surface area contributed by atoms with Gasteiger partial charge in [-0.05, 0) is 56.7 Å². The maximum absolute atomic E-state index is 13.0. The molecule has 2 saturated carbocycles. The van der Waals surface area contributed by atoms with Crippen LogP contribution in [0.2, 0.25) is 0 Å². The second-order valence-corrected chi connectivity index (χ2v) is 9.13. The van der Waals surface area contributed by atoms with Gasteiger partial charge in [-0.25, -0.2) is 9.97 Å². The van der Waals surface area contributed by atoms with Crippen molar-refractivity contribution in [2.45, 2.75) is 55.9 Å². The zero-order valence-electron chi connectivity index (χ0n) is 17.2. The maximum Gasteiger partial charge on any atom is 0.255 e. The third kappa shape index (κ3) is 4.90. The highest BCUT2D eigenvalue weighted by Gasteiger charge is 2.26. The van der Waals surface area contributed by atoms with E-state index in [4.69, 9.17) is 0 Å². The quantitative estimate of drug-likeness (QED) is 0.432. The highest BCUT2D eigenvalue weighted by Crippen LogP contribution is 2.29. The first-order valence-corrected chi connectivity index (χ1v) is 11.4. The molecule has 2 fully saturated rings. The largest absolute Gasteiger partial charge is 0.382 e. The minimum atomic E-state index is -0.0684. The van der Waals surface area contributed by atoms with Crippen molar-refractivity contribution in [1.82, 2.24) is 20.3 Å². The maximum atomic E-state index is 13.0. The molecule has 3 heterocycles. The zero-order valence-corrected chi connectivity index (χ0v) is 18.1. The summed E-state index contributed by atoms with van der Waals surface area (Å²) in [6, 6.07) is 8.28. The summed E-state index contributed by atoms with van der Waals surface area (Å²) < 4.78 is 0. The Labute approximate surface area is 186 Å². The molecule has 7 nitrogen and oxygen atoms in total. The molecule has 0 spiro atoms. The SMILES string of the molecule is O=C(N[C@H]1CC[C@H](S)CC1)c1cnc(Nc2ccc3cnccc3n2)cc1NC1CC1. The molecular formula is C23H26N6OS. The van der Waals surface area contributed by atoms with Gasteiger partial charge in [0.15, 0.2) is 0 Å². The number of aromatic nitrogens is 3. The van der Waals surface area contributed by atoms with Crippen LogP contribution in [0.25, 0.3) is 10.9 Å². The molecule has 5 rings (SSSR count). The van der Waals surface area contributed by atoms with Crippen LogP contribution in [0.15, 0.2) is 42.9 Å². The molecular weight excluding hydrogens is 408 g/mol. The van der Waals surface area contributed by atoms with E-state index in [0.717, 1.165) is 55.1 Å². The number of carbonyl (C=O) groups excluding carboxylic acids is 1. The van der Waals surface area contributed by atoms with Crippen molar-refractivity contribution in [3.8, 4) is 0 Å². The number of thiol groups is 1. The summed E-state index contributed by atoms with van der Waals surface area (Å²) in [5.74, 6) is 1.28. The van der Waals surface area contributed by atoms with Crippen LogP contribution in [0.4, 0.5) is 17.3 Å². The molecule has 0 atom stereocenters. The van der Waals surface area contributed by atoms with Crippen LogP contribution in [0, 0.1) is 0 Å². The first-order chi connectivity index (χ1) is 15.1. The number of hydrogen-bond acceptors (Lipinski definition) is 7. The number of nitrogens with zero attached hydrogens (tertiary/aromatic N) is 3. The molecule has 160 valence electrons. The van der Waals surface area contributed by atoms with Crippen molar-refractivity contribution in [1.29, 1.82) is 0 Å². The van der Waals surface area contributed by atoms with Gasteiger partial charge in [0, 0.05) is 47.4 Å². The lowest BCUT2D eigenvalue weighted by Crippen LogP contribution is -2.38. The molecule has 0 saturated heterocycles. The van der Waals surface area contributed by atoms with E-state index in [1.807, 2.05) is 24.3 Å². The van der Waals surface area contributed by atoms with Gasteiger partial charge in [0.05, 0.1) is 16.8 Å². The minimum absolute atomic E-state index is 0.0684. The zero-order chi connectivity index (χ0) is 21.2. The second kappa shape index (κ2) is 8.70. The molecule has 0 bridgehead atoms. The predicted molar refractivity (Wildman–Crippen MR) is 126 cm³/mol. The number of rotatable bonds is 6. The van der Waals surface area contributed by atoms with Gasteiger partial charge in [-0.3, -0.25) is 9.78 Å². The van der Waals surface area contributed by atoms with Crippen molar-refractivity contribution >= 4 is 46.8 Å². The summed E-state index contributed by atoms with van der Waals surface area (Å²) in [6.45, 7) is 0. The third-order valence-electron chi connectivity index (χ3n) is 5.86. The van der Waals surface area contributed by atoms with Crippen molar-refractivity contribution in [2.24, 2.45) is 0 Å². The Balaban J connectivity index is 1.34. The molecule has 0 radical (unpaired) electrons. The van der Waals surface area contributed by atoms with Gasteiger partial charge in [-0.15, -0.1) is 0 Å². The van der Waals surface area contributed by atoms with Crippen LogP contribution in [-0.4, -0.2) is 38.2 Å². The van der Waals surface area contributed by atoms with Crippen LogP contribution in [0.1, 0.15) is 48.9 Å². The van der Waals surface area contributed by atoms with Gasteiger partial charge in [0.1, 0.15) is 11.6 Å². The fraction of sp³-hybridized carbons (Fsp3) is 0.391. The van der Waals surface area contributed by atoms with Crippen LogP contribution in [0.3, 0.4) is 0 Å². The van der Waals surface area contributed by atoms with Gasteiger partial charge in [-0.2, -0.15) is 12.6 Å². The fourth-order valence-corrected chi connectivity index (χ4v) is 4.22. The van der Waals surface area contributed by atoms with E-state index >= 15 is 0 Å². The molecule has 0 unspecified atom stereocenters. The summed E-state index contributed by atoms with van der Waals surface area (Å²) in [6.07, 6.45) is 11.4. The summed E-state index contributed by atoms with van der Waals surface area (Å²) in [5, 5.41) is 11.4. The van der Waals surface area contributed by atoms with Crippen LogP contribution >= 0.6 is 12.6 Å². The number of hydrogen-bond donors (Lipinski definition) is 4. The molecule has 0 aliphatic heterocycles. The summed E-state index contributed by atoms with van der Waals surface area (Å²) in [7, 11) is 0. The molecule has 3 N–H and O–H groups in total. The smallest absolute Gasteiger partial charge is 0.255 e. The standard InChI is InChI=1S/C23H26N6OS/c30-23(27-16-4-6-17(31)7-5-16)18-13-25-22(11-20(18)26-15-2-3-15)29-21-8-1-14-12-24-10-9-19(14)28-21/h1,8-13,15-17,31H,2-7H2,(H,27,30)(H2,25,26,28,29)/t16-,17-. The first-order valence-electron chi connectivity index (χ1n) is 10.9. The van der Waals surface area contributed by atoms with E-state index in [2.05, 4.69) is 43.5 Å². The van der Waals surface area contributed by atoms with Gasteiger partial charge in [-0.1, -0.05) is 0 Å². The number of amides is 1. The Bertz CT molecular complexity index is 1090. The number of fused-ring (bicyclic) bond motifs is 1. The Morgan fingerprint density at radius 2 is 1.77 bits per heavy atom. The lowest BCUT2D eigenvalue weighted by molar-refractivity contribution is 0.0928. The molecule has 0 aromatic carbocycles. The molecule has 1 amide bonds. The van der Waals surface area contributed by atoms with Crippen LogP contribution < -0.4 is 16.0 Å². The van der Waals surface area contributed by atoms with E-state index < -0.39 is 0 Å².